The van der Waals surface area contributed by atoms with Gasteiger partial charge in [-0.1, -0.05) is 13.3 Å². The lowest BCUT2D eigenvalue weighted by Crippen LogP contribution is -2.29. The molecular weight excluding hydrogens is 180 g/mol. The molecule has 1 amide bonds. The zero-order valence-corrected chi connectivity index (χ0v) is 9.21. The van der Waals surface area contributed by atoms with E-state index >= 15 is 0 Å². The first kappa shape index (κ1) is 13.4. The number of hydrogen-bond donors (Lipinski definition) is 2. The monoisotopic (exact) mass is 202 g/mol. The van der Waals surface area contributed by atoms with Crippen molar-refractivity contribution < 1.29 is 9.53 Å². The van der Waals surface area contributed by atoms with E-state index in [9.17, 15) is 4.79 Å². The van der Waals surface area contributed by atoms with E-state index in [2.05, 4.69) is 12.2 Å². The summed E-state index contributed by atoms with van der Waals surface area (Å²) in [6, 6.07) is 0. The number of nitrogens with two attached hydrogens (primary N) is 1. The van der Waals surface area contributed by atoms with Crippen LogP contribution >= 0.6 is 0 Å². The highest BCUT2D eigenvalue weighted by molar-refractivity contribution is 5.76. The highest BCUT2D eigenvalue weighted by Crippen LogP contribution is 2.04. The second kappa shape index (κ2) is 8.97. The van der Waals surface area contributed by atoms with Crippen molar-refractivity contribution in [2.24, 2.45) is 11.7 Å². The van der Waals surface area contributed by atoms with Crippen LogP contribution in [0.15, 0.2) is 0 Å². The highest BCUT2D eigenvalue weighted by Gasteiger charge is 2.09. The summed E-state index contributed by atoms with van der Waals surface area (Å²) in [6.07, 6.45) is 2.36. The quantitative estimate of drug-likeness (QED) is 0.564. The average Bonchev–Trinajstić information content (AvgIpc) is 2.21. The summed E-state index contributed by atoms with van der Waals surface area (Å²) in [7, 11) is 1.66. The smallest absolute Gasteiger partial charge is 0.220 e. The molecule has 0 aromatic rings. The Labute approximate surface area is 86.2 Å². The summed E-state index contributed by atoms with van der Waals surface area (Å²) < 4.78 is 4.88. The summed E-state index contributed by atoms with van der Waals surface area (Å²) in [4.78, 5) is 11.3. The Morgan fingerprint density at radius 1 is 1.57 bits per heavy atom. The number of carbonyl (C=O) groups is 1. The van der Waals surface area contributed by atoms with E-state index in [0.717, 1.165) is 12.8 Å². The van der Waals surface area contributed by atoms with Crippen molar-refractivity contribution in [1.82, 2.24) is 5.32 Å². The molecule has 0 saturated heterocycles. The first-order valence-electron chi connectivity index (χ1n) is 5.20. The van der Waals surface area contributed by atoms with Crippen LogP contribution in [-0.4, -0.2) is 32.7 Å². The van der Waals surface area contributed by atoms with Crippen molar-refractivity contribution in [3.8, 4) is 0 Å². The molecular formula is C10H22N2O2. The third-order valence-corrected chi connectivity index (χ3v) is 2.23. The fourth-order valence-corrected chi connectivity index (χ4v) is 1.17. The van der Waals surface area contributed by atoms with Crippen molar-refractivity contribution in [1.29, 1.82) is 0 Å². The molecule has 14 heavy (non-hydrogen) atoms. The van der Waals surface area contributed by atoms with Gasteiger partial charge in [-0.05, 0) is 18.9 Å². The van der Waals surface area contributed by atoms with Gasteiger partial charge in [-0.25, -0.2) is 0 Å². The van der Waals surface area contributed by atoms with E-state index in [1.165, 1.54) is 0 Å². The van der Waals surface area contributed by atoms with Crippen LogP contribution in [-0.2, 0) is 9.53 Å². The van der Waals surface area contributed by atoms with Crippen LogP contribution in [0, 0.1) is 5.92 Å². The molecule has 0 aliphatic carbocycles. The Morgan fingerprint density at radius 3 is 2.79 bits per heavy atom. The Kier molecular flexibility index (Phi) is 8.57. The maximum atomic E-state index is 11.3. The summed E-state index contributed by atoms with van der Waals surface area (Å²) in [5.41, 5.74) is 5.51. The van der Waals surface area contributed by atoms with Crippen LogP contribution < -0.4 is 11.1 Å². The molecule has 0 radical (unpaired) electrons. The van der Waals surface area contributed by atoms with Gasteiger partial charge in [0, 0.05) is 26.7 Å². The van der Waals surface area contributed by atoms with Crippen molar-refractivity contribution in [2.75, 3.05) is 26.8 Å². The molecule has 4 heteroatoms. The second-order valence-corrected chi connectivity index (χ2v) is 3.41. The van der Waals surface area contributed by atoms with Crippen LogP contribution in [0.3, 0.4) is 0 Å². The van der Waals surface area contributed by atoms with E-state index in [1.54, 1.807) is 7.11 Å². The van der Waals surface area contributed by atoms with Gasteiger partial charge in [0.05, 0.1) is 0 Å². The van der Waals surface area contributed by atoms with Gasteiger partial charge in [-0.3, -0.25) is 4.79 Å². The lowest BCUT2D eigenvalue weighted by Gasteiger charge is -2.11. The number of nitrogens with one attached hydrogen (secondary N) is 1. The Hall–Kier alpha value is -0.610. The maximum absolute atomic E-state index is 11.3. The lowest BCUT2D eigenvalue weighted by molar-refractivity contribution is -0.122. The number of amides is 1. The predicted molar refractivity (Wildman–Crippen MR) is 57.0 cm³/mol. The van der Waals surface area contributed by atoms with Gasteiger partial charge < -0.3 is 15.8 Å². The minimum absolute atomic E-state index is 0.0957. The third kappa shape index (κ3) is 6.86. The molecule has 84 valence electrons. The molecule has 0 spiro atoms. The van der Waals surface area contributed by atoms with Crippen LogP contribution in [0.2, 0.25) is 0 Å². The molecule has 0 rings (SSSR count). The molecule has 1 unspecified atom stereocenters. The van der Waals surface area contributed by atoms with Gasteiger partial charge in [0.25, 0.3) is 0 Å². The van der Waals surface area contributed by atoms with E-state index in [0.29, 0.717) is 32.0 Å². The molecule has 0 aromatic carbocycles. The summed E-state index contributed by atoms with van der Waals surface area (Å²) in [5, 5.41) is 2.84. The average molecular weight is 202 g/mol. The zero-order valence-electron chi connectivity index (χ0n) is 9.21. The molecule has 4 nitrogen and oxygen atoms in total. The van der Waals surface area contributed by atoms with Gasteiger partial charge in [0.2, 0.25) is 5.91 Å². The number of ether oxygens (including phenoxy) is 1. The molecule has 0 saturated carbocycles. The molecule has 1 atom stereocenters. The first-order chi connectivity index (χ1) is 6.74. The van der Waals surface area contributed by atoms with Gasteiger partial charge >= 0.3 is 0 Å². The minimum Gasteiger partial charge on any atom is -0.385 e. The van der Waals surface area contributed by atoms with Gasteiger partial charge in [-0.2, -0.15) is 0 Å². The van der Waals surface area contributed by atoms with E-state index in [4.69, 9.17) is 10.5 Å². The maximum Gasteiger partial charge on any atom is 0.220 e. The van der Waals surface area contributed by atoms with Crippen molar-refractivity contribution in [2.45, 2.75) is 26.2 Å². The molecule has 0 heterocycles. The number of hydrogen-bond acceptors (Lipinski definition) is 3. The van der Waals surface area contributed by atoms with E-state index < -0.39 is 0 Å². The topological polar surface area (TPSA) is 64.4 Å². The zero-order chi connectivity index (χ0) is 10.8. The largest absolute Gasteiger partial charge is 0.385 e. The number of rotatable bonds is 8. The van der Waals surface area contributed by atoms with Crippen LogP contribution in [0.1, 0.15) is 26.2 Å². The summed E-state index contributed by atoms with van der Waals surface area (Å²) >= 11 is 0. The van der Waals surface area contributed by atoms with Crippen molar-refractivity contribution in [3.63, 3.8) is 0 Å². The standard InChI is InChI=1S/C10H22N2O2/c1-3-9(8-11)7-10(13)12-5-4-6-14-2/h9H,3-8,11H2,1-2H3,(H,12,13). The number of methoxy groups -OCH3 is 1. The molecule has 0 bridgehead atoms. The van der Waals surface area contributed by atoms with Crippen molar-refractivity contribution in [3.05, 3.63) is 0 Å². The van der Waals surface area contributed by atoms with Gasteiger partial charge in [0.15, 0.2) is 0 Å². The normalized spacial score (nSPS) is 12.5. The Morgan fingerprint density at radius 2 is 2.29 bits per heavy atom. The SMILES string of the molecule is CCC(CN)CC(=O)NCCCOC. The molecule has 0 fully saturated rings. The van der Waals surface area contributed by atoms with Gasteiger partial charge in [-0.15, -0.1) is 0 Å². The predicted octanol–water partition coefficient (Wildman–Crippen LogP) is 0.514. The summed E-state index contributed by atoms with van der Waals surface area (Å²) in [5.74, 6) is 0.413. The van der Waals surface area contributed by atoms with Crippen LogP contribution in [0.5, 0.6) is 0 Å². The van der Waals surface area contributed by atoms with Crippen LogP contribution in [0.25, 0.3) is 0 Å². The molecule has 0 aromatic heterocycles. The fourth-order valence-electron chi connectivity index (χ4n) is 1.17. The number of carbonyl (C=O) groups excluding carboxylic acids is 1. The minimum atomic E-state index is 0.0957. The Bertz CT molecular complexity index is 147. The Balaban J connectivity index is 3.44. The van der Waals surface area contributed by atoms with E-state index in [-0.39, 0.29) is 5.91 Å². The third-order valence-electron chi connectivity index (χ3n) is 2.23. The molecule has 0 aliphatic rings. The molecule has 3 N–H and O–H groups in total. The lowest BCUT2D eigenvalue weighted by atomic mass is 10.0. The molecule has 0 aliphatic heterocycles. The van der Waals surface area contributed by atoms with Crippen LogP contribution in [0.4, 0.5) is 0 Å². The van der Waals surface area contributed by atoms with Crippen molar-refractivity contribution >= 4 is 5.91 Å². The highest BCUT2D eigenvalue weighted by atomic mass is 16.5. The second-order valence-electron chi connectivity index (χ2n) is 3.41. The fraction of sp³-hybridized carbons (Fsp3) is 0.900. The van der Waals surface area contributed by atoms with Gasteiger partial charge in [0.1, 0.15) is 0 Å². The van der Waals surface area contributed by atoms with E-state index in [1.807, 2.05) is 0 Å². The summed E-state index contributed by atoms with van der Waals surface area (Å²) in [6.45, 7) is 4.01. The first-order valence-corrected chi connectivity index (χ1v) is 5.20.